The molecule has 0 spiro atoms. The average Bonchev–Trinajstić information content (AvgIpc) is 2.30. The maximum absolute atomic E-state index is 11.0. The summed E-state index contributed by atoms with van der Waals surface area (Å²) in [7, 11) is 0. The zero-order valence-electron chi connectivity index (χ0n) is 6.53. The van der Waals surface area contributed by atoms with E-state index in [1.54, 1.807) is 6.92 Å². The van der Waals surface area contributed by atoms with Crippen LogP contribution in [0.5, 0.6) is 0 Å². The molecule has 1 fully saturated rings. The minimum Gasteiger partial charge on any atom is -0.286 e. The number of carbonyl (C=O) groups is 2. The van der Waals surface area contributed by atoms with Gasteiger partial charge < -0.3 is 0 Å². The molecule has 0 aliphatic carbocycles. The van der Waals surface area contributed by atoms with E-state index in [1.807, 2.05) is 6.07 Å². The SMILES string of the molecule is C[C@@H](CC#N)C1SC(=O)NC1=O. The number of hydrogen-bond donors (Lipinski definition) is 1. The first-order valence-electron chi connectivity index (χ1n) is 3.53. The van der Waals surface area contributed by atoms with Crippen molar-refractivity contribution in [1.29, 1.82) is 5.26 Å². The van der Waals surface area contributed by atoms with Gasteiger partial charge in [0.2, 0.25) is 5.91 Å². The number of nitrogens with zero attached hydrogens (tertiary/aromatic N) is 1. The van der Waals surface area contributed by atoms with Gasteiger partial charge in [0.1, 0.15) is 0 Å². The first-order chi connectivity index (χ1) is 5.65. The Bertz CT molecular complexity index is 259. The van der Waals surface area contributed by atoms with Gasteiger partial charge in [0.05, 0.1) is 11.3 Å². The largest absolute Gasteiger partial charge is 0.286 e. The summed E-state index contributed by atoms with van der Waals surface area (Å²) in [5.74, 6) is -0.334. The summed E-state index contributed by atoms with van der Waals surface area (Å²) in [6, 6.07) is 1.98. The third-order valence-electron chi connectivity index (χ3n) is 1.65. The highest BCUT2D eigenvalue weighted by Crippen LogP contribution is 2.27. The van der Waals surface area contributed by atoms with Crippen LogP contribution >= 0.6 is 11.8 Å². The molecule has 1 heterocycles. The van der Waals surface area contributed by atoms with Crippen LogP contribution in [0.1, 0.15) is 13.3 Å². The lowest BCUT2D eigenvalue weighted by Gasteiger charge is -2.09. The normalized spacial score (nSPS) is 24.8. The first-order valence-corrected chi connectivity index (χ1v) is 4.41. The van der Waals surface area contributed by atoms with Gasteiger partial charge >= 0.3 is 0 Å². The van der Waals surface area contributed by atoms with Gasteiger partial charge in [-0.1, -0.05) is 18.7 Å². The molecule has 1 unspecified atom stereocenters. The molecule has 0 saturated carbocycles. The maximum atomic E-state index is 11.0. The number of amides is 2. The van der Waals surface area contributed by atoms with Crippen LogP contribution in [-0.4, -0.2) is 16.4 Å². The van der Waals surface area contributed by atoms with E-state index in [2.05, 4.69) is 5.32 Å². The highest BCUT2D eigenvalue weighted by Gasteiger charge is 2.35. The van der Waals surface area contributed by atoms with Gasteiger partial charge in [0.15, 0.2) is 0 Å². The van der Waals surface area contributed by atoms with Crippen LogP contribution in [-0.2, 0) is 4.79 Å². The van der Waals surface area contributed by atoms with Crippen LogP contribution in [0.3, 0.4) is 0 Å². The summed E-state index contributed by atoms with van der Waals surface area (Å²) in [4.78, 5) is 21.8. The van der Waals surface area contributed by atoms with Crippen molar-refractivity contribution in [2.75, 3.05) is 0 Å². The summed E-state index contributed by atoms with van der Waals surface area (Å²) in [6.45, 7) is 1.79. The van der Waals surface area contributed by atoms with E-state index in [-0.39, 0.29) is 22.3 Å². The van der Waals surface area contributed by atoms with Gasteiger partial charge in [-0.15, -0.1) is 0 Å². The Balaban J connectivity index is 2.59. The van der Waals surface area contributed by atoms with Crippen LogP contribution in [0.25, 0.3) is 0 Å². The Morgan fingerprint density at radius 1 is 1.75 bits per heavy atom. The zero-order chi connectivity index (χ0) is 9.14. The summed E-state index contributed by atoms with van der Waals surface area (Å²) in [5.41, 5.74) is 0. The molecule has 0 radical (unpaired) electrons. The molecule has 1 aliphatic rings. The fourth-order valence-corrected chi connectivity index (χ4v) is 1.88. The van der Waals surface area contributed by atoms with Crippen molar-refractivity contribution in [3.8, 4) is 6.07 Å². The molecule has 0 aromatic rings. The number of thioether (sulfide) groups is 1. The van der Waals surface area contributed by atoms with Crippen molar-refractivity contribution < 1.29 is 9.59 Å². The lowest BCUT2D eigenvalue weighted by Crippen LogP contribution is -2.28. The lowest BCUT2D eigenvalue weighted by atomic mass is 10.0. The van der Waals surface area contributed by atoms with Crippen molar-refractivity contribution in [1.82, 2.24) is 5.32 Å². The predicted octanol–water partition coefficient (Wildman–Crippen LogP) is 0.888. The van der Waals surface area contributed by atoms with Crippen molar-refractivity contribution in [2.45, 2.75) is 18.6 Å². The van der Waals surface area contributed by atoms with E-state index >= 15 is 0 Å². The van der Waals surface area contributed by atoms with Crippen LogP contribution in [0, 0.1) is 17.2 Å². The van der Waals surface area contributed by atoms with Crippen molar-refractivity contribution in [3.63, 3.8) is 0 Å². The number of rotatable bonds is 2. The zero-order valence-corrected chi connectivity index (χ0v) is 7.35. The van der Waals surface area contributed by atoms with Crippen molar-refractivity contribution in [3.05, 3.63) is 0 Å². The smallest absolute Gasteiger partial charge is 0.286 e. The molecule has 2 atom stereocenters. The molecule has 1 rings (SSSR count). The van der Waals surface area contributed by atoms with E-state index < -0.39 is 0 Å². The van der Waals surface area contributed by atoms with Crippen molar-refractivity contribution >= 4 is 22.9 Å². The van der Waals surface area contributed by atoms with Crippen LogP contribution in [0.15, 0.2) is 0 Å². The second-order valence-corrected chi connectivity index (χ2v) is 3.77. The molecule has 1 saturated heterocycles. The van der Waals surface area contributed by atoms with E-state index in [1.165, 1.54) is 0 Å². The third kappa shape index (κ3) is 1.77. The Hall–Kier alpha value is -1.02. The average molecular weight is 184 g/mol. The molecule has 5 heteroatoms. The molecular formula is C7H8N2O2S. The summed E-state index contributed by atoms with van der Waals surface area (Å²) < 4.78 is 0. The molecule has 0 aromatic carbocycles. The second-order valence-electron chi connectivity index (χ2n) is 2.65. The Labute approximate surface area is 74.3 Å². The Morgan fingerprint density at radius 2 is 2.42 bits per heavy atom. The molecule has 2 amide bonds. The Morgan fingerprint density at radius 3 is 2.83 bits per heavy atom. The number of nitrogens with one attached hydrogen (secondary N) is 1. The van der Waals surface area contributed by atoms with E-state index in [4.69, 9.17) is 5.26 Å². The third-order valence-corrected chi connectivity index (χ3v) is 2.90. The topological polar surface area (TPSA) is 70.0 Å². The van der Waals surface area contributed by atoms with E-state index in [0.29, 0.717) is 6.42 Å². The van der Waals surface area contributed by atoms with E-state index in [9.17, 15) is 9.59 Å². The molecule has 0 bridgehead atoms. The van der Waals surface area contributed by atoms with Crippen LogP contribution in [0.2, 0.25) is 0 Å². The van der Waals surface area contributed by atoms with Gasteiger partial charge in [-0.2, -0.15) is 5.26 Å². The highest BCUT2D eigenvalue weighted by molar-refractivity contribution is 8.15. The second kappa shape index (κ2) is 3.59. The Kier molecular flexibility index (Phi) is 2.71. The molecule has 64 valence electrons. The standard InChI is InChI=1S/C7H8N2O2S/c1-4(2-3-8)5-6(10)9-7(11)12-5/h4-5H,2H2,1H3,(H,9,10,11)/t4-,5?/m0/s1. The monoisotopic (exact) mass is 184 g/mol. The quantitative estimate of drug-likeness (QED) is 0.691. The fourth-order valence-electron chi connectivity index (χ4n) is 0.996. The number of carbonyl (C=O) groups excluding carboxylic acids is 2. The van der Waals surface area contributed by atoms with Gasteiger partial charge in [-0.05, 0) is 5.92 Å². The van der Waals surface area contributed by atoms with Crippen LogP contribution < -0.4 is 5.32 Å². The minimum atomic E-state index is -0.378. The molecular weight excluding hydrogens is 176 g/mol. The number of imide groups is 1. The number of hydrogen-bond acceptors (Lipinski definition) is 4. The highest BCUT2D eigenvalue weighted by atomic mass is 32.2. The lowest BCUT2D eigenvalue weighted by molar-refractivity contribution is -0.119. The first kappa shape index (κ1) is 9.07. The fraction of sp³-hybridized carbons (Fsp3) is 0.571. The summed E-state index contributed by atoms with van der Waals surface area (Å²) in [6.07, 6.45) is 0.304. The summed E-state index contributed by atoms with van der Waals surface area (Å²) >= 11 is 0.971. The van der Waals surface area contributed by atoms with Crippen LogP contribution in [0.4, 0.5) is 4.79 Å². The molecule has 0 aromatic heterocycles. The molecule has 1 N–H and O–H groups in total. The van der Waals surface area contributed by atoms with Gasteiger partial charge in [0.25, 0.3) is 5.24 Å². The predicted molar refractivity (Wildman–Crippen MR) is 44.3 cm³/mol. The van der Waals surface area contributed by atoms with Gasteiger partial charge in [-0.25, -0.2) is 0 Å². The van der Waals surface area contributed by atoms with Gasteiger partial charge in [0, 0.05) is 6.42 Å². The minimum absolute atomic E-state index is 0.0635. The molecule has 1 aliphatic heterocycles. The van der Waals surface area contributed by atoms with E-state index in [0.717, 1.165) is 11.8 Å². The van der Waals surface area contributed by atoms with Gasteiger partial charge in [-0.3, -0.25) is 14.9 Å². The maximum Gasteiger partial charge on any atom is 0.286 e. The molecule has 4 nitrogen and oxygen atoms in total. The molecule has 12 heavy (non-hydrogen) atoms. The number of nitriles is 1. The summed E-state index contributed by atoms with van der Waals surface area (Å²) in [5, 5.41) is 9.87. The van der Waals surface area contributed by atoms with Crippen molar-refractivity contribution in [2.24, 2.45) is 5.92 Å².